The third-order valence-electron chi connectivity index (χ3n) is 6.11. The van der Waals surface area contributed by atoms with E-state index in [0.29, 0.717) is 5.56 Å². The summed E-state index contributed by atoms with van der Waals surface area (Å²) in [5, 5.41) is 16.6. The number of benzene rings is 4. The van der Waals surface area contributed by atoms with E-state index in [1.807, 2.05) is 71.7 Å². The molecular formula is C30H23N3O2S. The van der Waals surface area contributed by atoms with Gasteiger partial charge in [0.25, 0.3) is 0 Å². The standard InChI is InChI=1S/C30H23N3O2S/c31-22-28(36(34,35)27-14-8-3-9-15-27)20-23-16-18-26(19-17-23)33-30(25-12-6-2-7-13-25)21-29(32-33)24-10-4-1-5-11-24/h1-20,30H,21H2/b28-20+. The Kier molecular flexibility index (Phi) is 6.48. The lowest BCUT2D eigenvalue weighted by Gasteiger charge is -2.24. The molecule has 36 heavy (non-hydrogen) atoms. The molecule has 0 spiro atoms. The van der Waals surface area contributed by atoms with Crippen LogP contribution in [0, 0.1) is 11.3 Å². The average Bonchev–Trinajstić information content (AvgIpc) is 3.39. The zero-order valence-electron chi connectivity index (χ0n) is 19.4. The van der Waals surface area contributed by atoms with Crippen LogP contribution in [0.25, 0.3) is 6.08 Å². The van der Waals surface area contributed by atoms with Crippen LogP contribution in [0.3, 0.4) is 0 Å². The van der Waals surface area contributed by atoms with Gasteiger partial charge in [-0.05, 0) is 47.0 Å². The summed E-state index contributed by atoms with van der Waals surface area (Å²) in [7, 11) is -3.89. The number of hydrazone groups is 1. The van der Waals surface area contributed by atoms with E-state index < -0.39 is 9.84 Å². The molecule has 1 atom stereocenters. The van der Waals surface area contributed by atoms with Crippen molar-refractivity contribution >= 4 is 27.3 Å². The second-order valence-corrected chi connectivity index (χ2v) is 10.3. The number of hydrogen-bond donors (Lipinski definition) is 0. The third-order valence-corrected chi connectivity index (χ3v) is 7.79. The maximum Gasteiger partial charge on any atom is 0.216 e. The van der Waals surface area contributed by atoms with Crippen molar-refractivity contribution in [1.29, 1.82) is 5.26 Å². The summed E-state index contributed by atoms with van der Waals surface area (Å²) in [6.45, 7) is 0. The Morgan fingerprint density at radius 3 is 2.03 bits per heavy atom. The van der Waals surface area contributed by atoms with Crippen molar-refractivity contribution in [2.24, 2.45) is 5.10 Å². The van der Waals surface area contributed by atoms with Gasteiger partial charge in [0.2, 0.25) is 9.84 Å². The van der Waals surface area contributed by atoms with E-state index in [1.165, 1.54) is 18.2 Å². The average molecular weight is 490 g/mol. The summed E-state index contributed by atoms with van der Waals surface area (Å²) in [5.41, 5.74) is 4.77. The monoisotopic (exact) mass is 489 g/mol. The van der Waals surface area contributed by atoms with Gasteiger partial charge in [0, 0.05) is 6.42 Å². The molecule has 0 saturated carbocycles. The van der Waals surface area contributed by atoms with Crippen molar-refractivity contribution in [1.82, 2.24) is 0 Å². The summed E-state index contributed by atoms with van der Waals surface area (Å²) in [5.74, 6) is 0. The van der Waals surface area contributed by atoms with Gasteiger partial charge in [-0.25, -0.2) is 8.42 Å². The zero-order valence-corrected chi connectivity index (χ0v) is 20.2. The van der Waals surface area contributed by atoms with Crippen LogP contribution in [0.4, 0.5) is 5.69 Å². The van der Waals surface area contributed by atoms with Crippen LogP contribution in [0.1, 0.15) is 29.2 Å². The molecule has 5 rings (SSSR count). The summed E-state index contributed by atoms with van der Waals surface area (Å²) in [6, 6.07) is 37.7. The lowest BCUT2D eigenvalue weighted by atomic mass is 9.98. The summed E-state index contributed by atoms with van der Waals surface area (Å²) in [4.78, 5) is -0.200. The Balaban J connectivity index is 1.48. The highest BCUT2D eigenvalue weighted by atomic mass is 32.2. The molecule has 0 aliphatic carbocycles. The van der Waals surface area contributed by atoms with Crippen molar-refractivity contribution in [3.8, 4) is 6.07 Å². The fraction of sp³-hybridized carbons (Fsp3) is 0.0667. The topological polar surface area (TPSA) is 73.5 Å². The Bertz CT molecular complexity index is 1560. The molecular weight excluding hydrogens is 466 g/mol. The largest absolute Gasteiger partial charge is 0.257 e. The van der Waals surface area contributed by atoms with Crippen molar-refractivity contribution < 1.29 is 8.42 Å². The molecule has 0 aromatic heterocycles. The minimum Gasteiger partial charge on any atom is -0.257 e. The van der Waals surface area contributed by atoms with Gasteiger partial charge in [-0.1, -0.05) is 91.0 Å². The third kappa shape index (κ3) is 4.70. The van der Waals surface area contributed by atoms with Crippen LogP contribution >= 0.6 is 0 Å². The van der Waals surface area contributed by atoms with E-state index in [1.54, 1.807) is 18.2 Å². The molecule has 1 heterocycles. The van der Waals surface area contributed by atoms with Gasteiger partial charge >= 0.3 is 0 Å². The highest BCUT2D eigenvalue weighted by molar-refractivity contribution is 7.95. The van der Waals surface area contributed by atoms with Crippen molar-refractivity contribution in [2.45, 2.75) is 17.4 Å². The summed E-state index contributed by atoms with van der Waals surface area (Å²) < 4.78 is 25.8. The van der Waals surface area contributed by atoms with Crippen LogP contribution in [-0.4, -0.2) is 14.1 Å². The number of hydrogen-bond acceptors (Lipinski definition) is 5. The highest BCUT2D eigenvalue weighted by Crippen LogP contribution is 2.37. The second-order valence-electron chi connectivity index (χ2n) is 8.42. The van der Waals surface area contributed by atoms with E-state index in [4.69, 9.17) is 5.10 Å². The van der Waals surface area contributed by atoms with E-state index >= 15 is 0 Å². The molecule has 5 nitrogen and oxygen atoms in total. The molecule has 0 bridgehead atoms. The van der Waals surface area contributed by atoms with Crippen LogP contribution in [-0.2, 0) is 9.84 Å². The van der Waals surface area contributed by atoms with Crippen LogP contribution in [0.2, 0.25) is 0 Å². The minimum atomic E-state index is -3.89. The number of nitrogens with zero attached hydrogens (tertiary/aromatic N) is 3. The lowest BCUT2D eigenvalue weighted by Crippen LogP contribution is -2.18. The minimum absolute atomic E-state index is 0.0379. The number of nitriles is 1. The van der Waals surface area contributed by atoms with Crippen LogP contribution in [0.5, 0.6) is 0 Å². The fourth-order valence-electron chi connectivity index (χ4n) is 4.26. The lowest BCUT2D eigenvalue weighted by molar-refractivity contribution is 0.603. The van der Waals surface area contributed by atoms with Crippen LogP contribution < -0.4 is 5.01 Å². The zero-order chi connectivity index (χ0) is 25.0. The number of allylic oxidation sites excluding steroid dienone is 1. The molecule has 0 N–H and O–H groups in total. The SMILES string of the molecule is N#C/C(=C\c1ccc(N2N=C(c3ccccc3)CC2c2ccccc2)cc1)S(=O)(=O)c1ccccc1. The molecule has 1 aliphatic heterocycles. The smallest absolute Gasteiger partial charge is 0.216 e. The van der Waals surface area contributed by atoms with E-state index in [-0.39, 0.29) is 15.8 Å². The first-order valence-corrected chi connectivity index (χ1v) is 13.0. The predicted molar refractivity (Wildman–Crippen MR) is 143 cm³/mol. The van der Waals surface area contributed by atoms with Gasteiger partial charge in [-0.15, -0.1) is 0 Å². The first-order valence-electron chi connectivity index (χ1n) is 11.6. The Morgan fingerprint density at radius 1 is 0.833 bits per heavy atom. The first-order chi connectivity index (χ1) is 17.6. The van der Waals surface area contributed by atoms with E-state index in [0.717, 1.165) is 28.9 Å². The molecule has 176 valence electrons. The Labute approximate surface area is 211 Å². The normalized spacial score (nSPS) is 15.9. The summed E-state index contributed by atoms with van der Waals surface area (Å²) >= 11 is 0. The van der Waals surface area contributed by atoms with Gasteiger partial charge in [0.15, 0.2) is 0 Å². The molecule has 4 aromatic carbocycles. The van der Waals surface area contributed by atoms with Gasteiger partial charge in [-0.2, -0.15) is 10.4 Å². The maximum absolute atomic E-state index is 12.9. The van der Waals surface area contributed by atoms with Crippen LogP contribution in [0.15, 0.2) is 130 Å². The number of sulfone groups is 1. The predicted octanol–water partition coefficient (Wildman–Crippen LogP) is 6.38. The highest BCUT2D eigenvalue weighted by Gasteiger charge is 2.29. The second kappa shape index (κ2) is 10.0. The van der Waals surface area contributed by atoms with Crippen molar-refractivity contribution in [3.63, 3.8) is 0 Å². The summed E-state index contributed by atoms with van der Waals surface area (Å²) in [6.07, 6.45) is 2.17. The molecule has 1 aliphatic rings. The van der Waals surface area contributed by atoms with Crippen molar-refractivity contribution in [3.05, 3.63) is 137 Å². The van der Waals surface area contributed by atoms with Gasteiger partial charge in [0.1, 0.15) is 11.0 Å². The molecule has 0 amide bonds. The molecule has 1 unspecified atom stereocenters. The Hall–Kier alpha value is -4.47. The molecule has 4 aromatic rings. The molecule has 0 fully saturated rings. The van der Waals surface area contributed by atoms with E-state index in [2.05, 4.69) is 24.3 Å². The van der Waals surface area contributed by atoms with Gasteiger partial charge in [0.05, 0.1) is 22.3 Å². The first kappa shape index (κ1) is 23.3. The quantitative estimate of drug-likeness (QED) is 0.295. The maximum atomic E-state index is 12.9. The molecule has 6 heteroatoms. The number of rotatable bonds is 6. The molecule has 0 radical (unpaired) electrons. The molecule has 0 saturated heterocycles. The Morgan fingerprint density at radius 2 is 1.42 bits per heavy atom. The number of anilines is 1. The van der Waals surface area contributed by atoms with Gasteiger partial charge < -0.3 is 0 Å². The van der Waals surface area contributed by atoms with E-state index in [9.17, 15) is 13.7 Å². The fourth-order valence-corrected chi connectivity index (χ4v) is 5.44. The van der Waals surface area contributed by atoms with Crippen molar-refractivity contribution in [2.75, 3.05) is 5.01 Å². The van der Waals surface area contributed by atoms with Gasteiger partial charge in [-0.3, -0.25) is 5.01 Å².